The molecule has 7 aromatic rings. The van der Waals surface area contributed by atoms with Crippen LogP contribution in [0.5, 0.6) is 23.0 Å². The Labute approximate surface area is 333 Å². The Morgan fingerprint density at radius 3 is 1.46 bits per heavy atom. The SMILES string of the molecule is Cc1cc2c3c(c1)Oc1ccccc1B3c1cc3c(cc1N2)N(C)c1cc(C)cc2c1B3c1cc3c(cc1N2C)N(C)c1cc(C)cc2c1B3c1ccccc1O2. The second-order valence-electron chi connectivity index (χ2n) is 17.0. The predicted molar refractivity (Wildman–Crippen MR) is 241 cm³/mol. The Bertz CT molecular complexity index is 3040. The second kappa shape index (κ2) is 10.7. The molecule has 0 amide bonds. The minimum Gasteiger partial charge on any atom is -0.458 e. The van der Waals surface area contributed by atoms with Crippen LogP contribution in [-0.2, 0) is 0 Å². The van der Waals surface area contributed by atoms with Gasteiger partial charge in [-0.2, -0.15) is 0 Å². The molecule has 57 heavy (non-hydrogen) atoms. The summed E-state index contributed by atoms with van der Waals surface area (Å²) in [5.74, 6) is 3.77. The molecule has 0 saturated heterocycles. The summed E-state index contributed by atoms with van der Waals surface area (Å²) in [7, 11) is 6.72. The maximum absolute atomic E-state index is 6.67. The number of nitrogens with one attached hydrogen (secondary N) is 1. The summed E-state index contributed by atoms with van der Waals surface area (Å²) in [6.45, 7) is 6.67. The van der Waals surface area contributed by atoms with Crippen molar-refractivity contribution in [1.29, 1.82) is 0 Å². The zero-order chi connectivity index (χ0) is 38.2. The van der Waals surface area contributed by atoms with Crippen LogP contribution in [0.25, 0.3) is 0 Å². The third-order valence-corrected chi connectivity index (χ3v) is 13.7. The van der Waals surface area contributed by atoms with Crippen LogP contribution in [0.3, 0.4) is 0 Å². The lowest BCUT2D eigenvalue weighted by molar-refractivity contribution is 0.487. The van der Waals surface area contributed by atoms with Gasteiger partial charge in [0.1, 0.15) is 23.0 Å². The molecule has 6 aliphatic rings. The molecule has 270 valence electrons. The number of hydrogen-bond donors (Lipinski definition) is 1. The topological polar surface area (TPSA) is 40.2 Å². The zero-order valence-corrected chi connectivity index (χ0v) is 32.8. The number of hydrogen-bond acceptors (Lipinski definition) is 6. The molecule has 9 heteroatoms. The molecular weight excluding hydrogens is 697 g/mol. The van der Waals surface area contributed by atoms with Gasteiger partial charge in [-0.15, -0.1) is 0 Å². The van der Waals surface area contributed by atoms with Gasteiger partial charge >= 0.3 is 0 Å². The summed E-state index contributed by atoms with van der Waals surface area (Å²) in [6, 6.07) is 40.9. The van der Waals surface area contributed by atoms with Crippen LogP contribution < -0.4 is 78.7 Å². The van der Waals surface area contributed by atoms with Crippen LogP contribution in [0, 0.1) is 20.8 Å². The molecule has 0 radical (unpaired) electrons. The van der Waals surface area contributed by atoms with E-state index in [0.717, 1.165) is 34.4 Å². The monoisotopic (exact) mass is 734 g/mol. The fraction of sp³-hybridized carbons (Fsp3) is 0.125. The van der Waals surface area contributed by atoms with E-state index >= 15 is 0 Å². The van der Waals surface area contributed by atoms with E-state index in [-0.39, 0.29) is 20.1 Å². The van der Waals surface area contributed by atoms with Gasteiger partial charge in [-0.1, -0.05) is 48.5 Å². The minimum atomic E-state index is 0.0249. The van der Waals surface area contributed by atoms with Crippen LogP contribution in [-0.4, -0.2) is 41.3 Å². The number of nitrogens with zero attached hydrogens (tertiary/aromatic N) is 3. The van der Waals surface area contributed by atoms with Crippen molar-refractivity contribution in [2.75, 3.05) is 41.2 Å². The molecule has 0 spiro atoms. The molecule has 0 atom stereocenters. The quantitative estimate of drug-likeness (QED) is 0.229. The van der Waals surface area contributed by atoms with E-state index in [1.165, 1.54) is 100.0 Å². The Morgan fingerprint density at radius 1 is 0.386 bits per heavy atom. The normalized spacial score (nSPS) is 15.1. The fourth-order valence-electron chi connectivity index (χ4n) is 11.2. The lowest BCUT2D eigenvalue weighted by atomic mass is 9.29. The van der Waals surface area contributed by atoms with Gasteiger partial charge in [0.2, 0.25) is 0 Å². The van der Waals surface area contributed by atoms with Crippen molar-refractivity contribution in [3.05, 3.63) is 126 Å². The Hall–Kier alpha value is -6.47. The molecule has 6 nitrogen and oxygen atoms in total. The summed E-state index contributed by atoms with van der Waals surface area (Å²) < 4.78 is 13.3. The lowest BCUT2D eigenvalue weighted by Crippen LogP contribution is -2.66. The number of rotatable bonds is 0. The maximum Gasteiger partial charge on any atom is 0.256 e. The van der Waals surface area contributed by atoms with Crippen molar-refractivity contribution in [3.8, 4) is 23.0 Å². The minimum absolute atomic E-state index is 0.0249. The van der Waals surface area contributed by atoms with Gasteiger partial charge in [0.05, 0.1) is 0 Å². The van der Waals surface area contributed by atoms with Gasteiger partial charge in [0.15, 0.2) is 0 Å². The van der Waals surface area contributed by atoms with Gasteiger partial charge in [-0.25, -0.2) is 0 Å². The largest absolute Gasteiger partial charge is 0.458 e. The summed E-state index contributed by atoms with van der Waals surface area (Å²) in [5, 5.41) is 3.90. The van der Waals surface area contributed by atoms with E-state index in [0.29, 0.717) is 0 Å². The Morgan fingerprint density at radius 2 is 0.842 bits per heavy atom. The van der Waals surface area contributed by atoms with E-state index < -0.39 is 0 Å². The molecule has 7 aromatic carbocycles. The van der Waals surface area contributed by atoms with E-state index in [1.54, 1.807) is 0 Å². The van der Waals surface area contributed by atoms with Gasteiger partial charge in [-0.05, 0) is 147 Å². The van der Waals surface area contributed by atoms with Crippen LogP contribution in [0.15, 0.2) is 109 Å². The first kappa shape index (κ1) is 31.7. The molecule has 1 N–H and O–H groups in total. The highest BCUT2D eigenvalue weighted by Gasteiger charge is 2.47. The highest BCUT2D eigenvalue weighted by Crippen LogP contribution is 2.42. The first-order valence-corrected chi connectivity index (χ1v) is 20.0. The number of benzene rings is 7. The standard InChI is InChI=1S/C48H37B3N4O2/c1-25-15-35-46-44(19-25)56-42-13-9-7-11-28(42)49(46)30-21-31-36(23-34(30)52-35)53(4)39-16-26(2)17-40-47(39)51(31)33-22-32-37(24-38(33)54(40)5)55(6)41-18-27(3)20-45-48(41)50(32)29-12-8-10-14-43(29)57-45/h7-24,52H,1-6H3. The number of anilines is 8. The van der Waals surface area contributed by atoms with E-state index in [1.807, 2.05) is 0 Å². The number of ether oxygens (including phenoxy) is 2. The first-order valence-electron chi connectivity index (χ1n) is 20.0. The van der Waals surface area contributed by atoms with Crippen molar-refractivity contribution in [2.45, 2.75) is 20.8 Å². The molecule has 0 fully saturated rings. The van der Waals surface area contributed by atoms with Crippen LogP contribution in [0.4, 0.5) is 45.5 Å². The summed E-state index contributed by atoms with van der Waals surface area (Å²) in [5.41, 5.74) is 24.9. The van der Waals surface area contributed by atoms with Crippen molar-refractivity contribution in [3.63, 3.8) is 0 Å². The van der Waals surface area contributed by atoms with Crippen molar-refractivity contribution >= 4 is 115 Å². The van der Waals surface area contributed by atoms with E-state index in [2.05, 4.69) is 171 Å². The highest BCUT2D eigenvalue weighted by atomic mass is 16.5. The average Bonchev–Trinajstić information content (AvgIpc) is 3.20. The van der Waals surface area contributed by atoms with Crippen molar-refractivity contribution in [1.82, 2.24) is 0 Å². The number of aryl methyl sites for hydroxylation is 3. The molecular formula is C48H37B3N4O2. The molecule has 0 saturated carbocycles. The maximum atomic E-state index is 6.67. The number of para-hydroxylation sites is 2. The van der Waals surface area contributed by atoms with Crippen molar-refractivity contribution in [2.24, 2.45) is 0 Å². The van der Waals surface area contributed by atoms with Crippen LogP contribution in [0.1, 0.15) is 16.7 Å². The number of fused-ring (bicyclic) bond motifs is 12. The molecule has 0 unspecified atom stereocenters. The average molecular weight is 734 g/mol. The molecule has 0 bridgehead atoms. The summed E-state index contributed by atoms with van der Waals surface area (Å²) >= 11 is 0. The third-order valence-electron chi connectivity index (χ3n) is 13.7. The van der Waals surface area contributed by atoms with Crippen LogP contribution in [0.2, 0.25) is 0 Å². The van der Waals surface area contributed by atoms with E-state index in [4.69, 9.17) is 9.47 Å². The fourth-order valence-corrected chi connectivity index (χ4v) is 11.2. The second-order valence-corrected chi connectivity index (χ2v) is 17.0. The third kappa shape index (κ3) is 3.99. The molecule has 13 rings (SSSR count). The van der Waals surface area contributed by atoms with Gasteiger partial charge < -0.3 is 29.5 Å². The molecule has 0 aromatic heterocycles. The smallest absolute Gasteiger partial charge is 0.256 e. The Balaban J connectivity index is 1.09. The highest BCUT2D eigenvalue weighted by molar-refractivity contribution is 7.04. The first-order chi connectivity index (χ1) is 27.7. The summed E-state index contributed by atoms with van der Waals surface area (Å²) in [6.07, 6.45) is 0. The molecule has 6 heterocycles. The van der Waals surface area contributed by atoms with Crippen molar-refractivity contribution < 1.29 is 9.47 Å². The van der Waals surface area contributed by atoms with Gasteiger partial charge in [0, 0.05) is 66.6 Å². The molecule has 0 aliphatic carbocycles. The van der Waals surface area contributed by atoms with Gasteiger partial charge in [-0.3, -0.25) is 0 Å². The van der Waals surface area contributed by atoms with Crippen LogP contribution >= 0.6 is 0 Å². The summed E-state index contributed by atoms with van der Waals surface area (Å²) in [4.78, 5) is 7.27. The Kier molecular flexibility index (Phi) is 5.94. The zero-order valence-electron chi connectivity index (χ0n) is 32.8. The molecule has 6 aliphatic heterocycles. The van der Waals surface area contributed by atoms with Gasteiger partial charge in [0.25, 0.3) is 20.1 Å². The lowest BCUT2D eigenvalue weighted by Gasteiger charge is -2.45. The predicted octanol–water partition coefficient (Wildman–Crippen LogP) is 4.67. The van der Waals surface area contributed by atoms with E-state index in [9.17, 15) is 0 Å².